The third kappa shape index (κ3) is 1.53. The fraction of sp³-hybridized carbons (Fsp3) is 0.0909. The van der Waals surface area contributed by atoms with Gasteiger partial charge in [-0.25, -0.2) is 4.98 Å². The van der Waals surface area contributed by atoms with Crippen LogP contribution in [-0.2, 0) is 6.54 Å². The van der Waals surface area contributed by atoms with E-state index in [0.29, 0.717) is 23.4 Å². The average molecular weight is 252 g/mol. The van der Waals surface area contributed by atoms with Gasteiger partial charge in [0.2, 0.25) is 5.65 Å². The quantitative estimate of drug-likeness (QED) is 0.510. The van der Waals surface area contributed by atoms with Gasteiger partial charge in [0, 0.05) is 0 Å². The lowest BCUT2D eigenvalue weighted by Gasteiger charge is -2.02. The third-order valence-corrected chi connectivity index (χ3v) is 2.90. The number of imidazole rings is 1. The minimum Gasteiger partial charge on any atom is -0.309 e. The fourth-order valence-corrected chi connectivity index (χ4v) is 2.00. The Morgan fingerprint density at radius 1 is 0.947 bits per heavy atom. The molecule has 3 heterocycles. The van der Waals surface area contributed by atoms with E-state index in [9.17, 15) is 0 Å². The van der Waals surface area contributed by atoms with Crippen LogP contribution in [0.1, 0.15) is 5.56 Å². The predicted octanol–water partition coefficient (Wildman–Crippen LogP) is 0.312. The fourth-order valence-electron chi connectivity index (χ4n) is 2.00. The molecular formula is C11H8N8. The van der Waals surface area contributed by atoms with Crippen LogP contribution in [0.4, 0.5) is 0 Å². The topological polar surface area (TPSA) is 86.7 Å². The molecular weight excluding hydrogens is 244 g/mol. The van der Waals surface area contributed by atoms with Crippen molar-refractivity contribution in [2.45, 2.75) is 6.54 Å². The molecule has 0 atom stereocenters. The Morgan fingerprint density at radius 3 is 2.74 bits per heavy atom. The summed E-state index contributed by atoms with van der Waals surface area (Å²) in [7, 11) is 0. The zero-order valence-corrected chi connectivity index (χ0v) is 9.75. The molecule has 0 saturated carbocycles. The van der Waals surface area contributed by atoms with Crippen molar-refractivity contribution in [2.24, 2.45) is 0 Å². The van der Waals surface area contributed by atoms with Crippen LogP contribution >= 0.6 is 0 Å². The molecule has 0 aliphatic rings. The molecule has 0 spiro atoms. The Balaban J connectivity index is 1.87. The number of fused-ring (bicyclic) bond motifs is 3. The van der Waals surface area contributed by atoms with Crippen molar-refractivity contribution in [1.29, 1.82) is 0 Å². The van der Waals surface area contributed by atoms with Crippen LogP contribution in [0.2, 0.25) is 0 Å². The van der Waals surface area contributed by atoms with Crippen molar-refractivity contribution < 1.29 is 0 Å². The summed E-state index contributed by atoms with van der Waals surface area (Å²) < 4.78 is 3.19. The molecule has 0 saturated heterocycles. The first-order valence-electron chi connectivity index (χ1n) is 5.71. The minimum atomic E-state index is 0.511. The van der Waals surface area contributed by atoms with Crippen LogP contribution in [-0.4, -0.2) is 40.0 Å². The molecule has 0 N–H and O–H groups in total. The summed E-state index contributed by atoms with van der Waals surface area (Å²) in [5.41, 5.74) is 3.00. The zero-order chi connectivity index (χ0) is 12.7. The Morgan fingerprint density at radius 2 is 1.84 bits per heavy atom. The van der Waals surface area contributed by atoms with Crippen molar-refractivity contribution >= 4 is 16.8 Å². The van der Waals surface area contributed by atoms with Crippen LogP contribution in [0.5, 0.6) is 0 Å². The van der Waals surface area contributed by atoms with Gasteiger partial charge in [-0.05, 0) is 21.2 Å². The van der Waals surface area contributed by atoms with Gasteiger partial charge in [0.1, 0.15) is 0 Å². The van der Waals surface area contributed by atoms with Gasteiger partial charge in [0.05, 0.1) is 12.9 Å². The van der Waals surface area contributed by atoms with Gasteiger partial charge >= 0.3 is 0 Å². The number of hydrogen-bond donors (Lipinski definition) is 0. The van der Waals surface area contributed by atoms with Gasteiger partial charge in [-0.1, -0.05) is 35.0 Å². The molecule has 4 rings (SSSR count). The van der Waals surface area contributed by atoms with Crippen molar-refractivity contribution in [2.75, 3.05) is 0 Å². The highest BCUT2D eigenvalue weighted by Gasteiger charge is 2.12. The SMILES string of the molecule is c1ccc(Cn2cnc3c2nnn2nnnc32)cc1. The van der Waals surface area contributed by atoms with Crippen LogP contribution in [0.3, 0.4) is 0 Å². The van der Waals surface area contributed by atoms with Crippen LogP contribution in [0, 0.1) is 0 Å². The van der Waals surface area contributed by atoms with E-state index in [1.165, 1.54) is 10.2 Å². The molecule has 92 valence electrons. The molecule has 8 nitrogen and oxygen atoms in total. The number of tetrazole rings is 1. The predicted molar refractivity (Wildman–Crippen MR) is 65.2 cm³/mol. The van der Waals surface area contributed by atoms with E-state index in [1.807, 2.05) is 22.8 Å². The number of benzene rings is 1. The maximum Gasteiger partial charge on any atom is 0.231 e. The van der Waals surface area contributed by atoms with E-state index < -0.39 is 0 Å². The molecule has 0 unspecified atom stereocenters. The van der Waals surface area contributed by atoms with Crippen molar-refractivity contribution in [1.82, 2.24) is 40.0 Å². The molecule has 0 aliphatic heterocycles. The second kappa shape index (κ2) is 3.80. The molecule has 1 aromatic carbocycles. The second-order valence-electron chi connectivity index (χ2n) is 4.11. The van der Waals surface area contributed by atoms with E-state index in [0.717, 1.165) is 0 Å². The average Bonchev–Trinajstić information content (AvgIpc) is 3.06. The first-order chi connectivity index (χ1) is 9.42. The van der Waals surface area contributed by atoms with Gasteiger partial charge in [-0.3, -0.25) is 0 Å². The summed E-state index contributed by atoms with van der Waals surface area (Å²) >= 11 is 0. The van der Waals surface area contributed by atoms with E-state index in [2.05, 4.69) is 43.0 Å². The van der Waals surface area contributed by atoms with Crippen LogP contribution in [0.15, 0.2) is 36.7 Å². The summed E-state index contributed by atoms with van der Waals surface area (Å²) in [5.74, 6) is 0. The van der Waals surface area contributed by atoms with Gasteiger partial charge in [-0.2, -0.15) is 0 Å². The van der Waals surface area contributed by atoms with Gasteiger partial charge in [0.15, 0.2) is 11.2 Å². The molecule has 0 fully saturated rings. The van der Waals surface area contributed by atoms with Crippen LogP contribution in [0.25, 0.3) is 16.8 Å². The monoisotopic (exact) mass is 252 g/mol. The lowest BCUT2D eigenvalue weighted by atomic mass is 10.2. The number of hydrogen-bond acceptors (Lipinski definition) is 6. The molecule has 0 bridgehead atoms. The summed E-state index contributed by atoms with van der Waals surface area (Å²) in [6.45, 7) is 0.684. The molecule has 0 aliphatic carbocycles. The first-order valence-corrected chi connectivity index (χ1v) is 5.71. The third-order valence-electron chi connectivity index (χ3n) is 2.90. The summed E-state index contributed by atoms with van der Waals surface area (Å²) in [6, 6.07) is 10.1. The molecule has 3 aromatic heterocycles. The zero-order valence-electron chi connectivity index (χ0n) is 9.75. The van der Waals surface area contributed by atoms with Gasteiger partial charge < -0.3 is 4.57 Å². The molecule has 0 amide bonds. The first kappa shape index (κ1) is 10.1. The smallest absolute Gasteiger partial charge is 0.231 e. The van der Waals surface area contributed by atoms with Crippen molar-refractivity contribution in [3.8, 4) is 0 Å². The Hall–Kier alpha value is -2.90. The van der Waals surface area contributed by atoms with E-state index >= 15 is 0 Å². The highest BCUT2D eigenvalue weighted by Crippen LogP contribution is 2.13. The normalized spacial score (nSPS) is 11.4. The summed E-state index contributed by atoms with van der Waals surface area (Å²) in [5, 5.41) is 19.2. The lowest BCUT2D eigenvalue weighted by Crippen LogP contribution is -2.03. The maximum absolute atomic E-state index is 4.31. The van der Waals surface area contributed by atoms with E-state index in [1.54, 1.807) is 6.33 Å². The Kier molecular flexibility index (Phi) is 2.01. The van der Waals surface area contributed by atoms with E-state index in [4.69, 9.17) is 0 Å². The Labute approximate surface area is 106 Å². The second-order valence-corrected chi connectivity index (χ2v) is 4.11. The molecule has 8 heteroatoms. The number of nitrogens with zero attached hydrogens (tertiary/aromatic N) is 8. The Bertz CT molecular complexity index is 847. The lowest BCUT2D eigenvalue weighted by molar-refractivity contribution is 0.679. The summed E-state index contributed by atoms with van der Waals surface area (Å²) in [6.07, 6.45) is 1.72. The number of rotatable bonds is 2. The number of aromatic nitrogens is 8. The standard InChI is InChI=1S/C11H8N8/c1-2-4-8(5-3-1)6-18-7-12-9-10(18)14-16-19-11(9)13-15-17-19/h1-5,7H,6H2. The molecule has 4 aromatic rings. The summed E-state index contributed by atoms with van der Waals surface area (Å²) in [4.78, 5) is 4.31. The van der Waals surface area contributed by atoms with E-state index in [-0.39, 0.29) is 0 Å². The van der Waals surface area contributed by atoms with Crippen LogP contribution < -0.4 is 0 Å². The largest absolute Gasteiger partial charge is 0.309 e. The molecule has 19 heavy (non-hydrogen) atoms. The minimum absolute atomic E-state index is 0.511. The van der Waals surface area contributed by atoms with Gasteiger partial charge in [0.25, 0.3) is 0 Å². The van der Waals surface area contributed by atoms with Gasteiger partial charge in [-0.15, -0.1) is 10.2 Å². The van der Waals surface area contributed by atoms with Crippen molar-refractivity contribution in [3.05, 3.63) is 42.2 Å². The maximum atomic E-state index is 4.31. The van der Waals surface area contributed by atoms with Crippen molar-refractivity contribution in [3.63, 3.8) is 0 Å². The highest BCUT2D eigenvalue weighted by atomic mass is 15.6. The molecule has 0 radical (unpaired) electrons. The highest BCUT2D eigenvalue weighted by molar-refractivity contribution is 5.83.